The van der Waals surface area contributed by atoms with Crippen LogP contribution in [0.1, 0.15) is 49.3 Å². The smallest absolute Gasteiger partial charge is 0.192 e. The third-order valence-corrected chi connectivity index (χ3v) is 6.26. The van der Waals surface area contributed by atoms with Gasteiger partial charge in [-0.3, -0.25) is 4.57 Å². The molecule has 1 heterocycles. The molecule has 1 aliphatic carbocycles. The molecule has 140 valence electrons. The maximum Gasteiger partial charge on any atom is 0.192 e. The molecule has 0 saturated heterocycles. The van der Waals surface area contributed by atoms with Crippen molar-refractivity contribution in [2.75, 3.05) is 0 Å². The molecule has 27 heavy (non-hydrogen) atoms. The lowest BCUT2D eigenvalue weighted by Crippen LogP contribution is -2.15. The number of halogens is 1. The van der Waals surface area contributed by atoms with E-state index in [1.165, 1.54) is 43.7 Å². The molecule has 0 unspecified atom stereocenters. The minimum atomic E-state index is -0.192. The second-order valence-electron chi connectivity index (χ2n) is 7.20. The van der Waals surface area contributed by atoms with E-state index in [2.05, 4.69) is 46.0 Å². The molecule has 0 atom stereocenters. The molecule has 0 spiro atoms. The van der Waals surface area contributed by atoms with Crippen molar-refractivity contribution in [2.45, 2.75) is 56.0 Å². The molecule has 0 bridgehead atoms. The van der Waals surface area contributed by atoms with Crippen LogP contribution in [0.5, 0.6) is 0 Å². The Hall–Kier alpha value is -2.14. The van der Waals surface area contributed by atoms with Gasteiger partial charge in [0.2, 0.25) is 0 Å². The van der Waals surface area contributed by atoms with E-state index in [4.69, 9.17) is 0 Å². The molecule has 3 nitrogen and oxygen atoms in total. The third-order valence-electron chi connectivity index (χ3n) is 5.25. The lowest BCUT2D eigenvalue weighted by molar-refractivity contribution is 0.339. The van der Waals surface area contributed by atoms with E-state index in [0.717, 1.165) is 22.1 Å². The van der Waals surface area contributed by atoms with Crippen LogP contribution in [-0.4, -0.2) is 14.8 Å². The van der Waals surface area contributed by atoms with Crippen molar-refractivity contribution < 1.29 is 4.39 Å². The summed E-state index contributed by atoms with van der Waals surface area (Å²) in [6.45, 7) is 2.12. The van der Waals surface area contributed by atoms with Crippen LogP contribution in [0.2, 0.25) is 0 Å². The monoisotopic (exact) mass is 381 g/mol. The lowest BCUT2D eigenvalue weighted by Gasteiger charge is -2.26. The second-order valence-corrected chi connectivity index (χ2v) is 8.14. The zero-order valence-corrected chi connectivity index (χ0v) is 16.4. The molecule has 0 N–H and O–H groups in total. The Morgan fingerprint density at radius 1 is 1.04 bits per heavy atom. The van der Waals surface area contributed by atoms with Crippen molar-refractivity contribution in [3.8, 4) is 11.4 Å². The minimum Gasteiger partial charge on any atom is -0.299 e. The predicted molar refractivity (Wildman–Crippen MR) is 108 cm³/mol. The van der Waals surface area contributed by atoms with Gasteiger partial charge in [0.1, 0.15) is 5.82 Å². The van der Waals surface area contributed by atoms with Crippen molar-refractivity contribution in [1.29, 1.82) is 0 Å². The summed E-state index contributed by atoms with van der Waals surface area (Å²) in [5.74, 6) is 1.46. The number of rotatable bonds is 5. The summed E-state index contributed by atoms with van der Waals surface area (Å²) < 4.78 is 15.8. The summed E-state index contributed by atoms with van der Waals surface area (Å²) in [6, 6.07) is 15.6. The zero-order chi connectivity index (χ0) is 18.6. The highest BCUT2D eigenvalue weighted by Gasteiger charge is 2.24. The first-order chi connectivity index (χ1) is 13.2. The Morgan fingerprint density at radius 2 is 1.85 bits per heavy atom. The number of hydrogen-bond acceptors (Lipinski definition) is 3. The van der Waals surface area contributed by atoms with E-state index >= 15 is 0 Å². The molecule has 4 rings (SSSR count). The van der Waals surface area contributed by atoms with Crippen LogP contribution in [0, 0.1) is 12.7 Å². The Bertz CT molecular complexity index is 915. The van der Waals surface area contributed by atoms with Crippen molar-refractivity contribution in [3.63, 3.8) is 0 Å². The van der Waals surface area contributed by atoms with Crippen LogP contribution in [-0.2, 0) is 5.75 Å². The number of aryl methyl sites for hydroxylation is 1. The fourth-order valence-corrected chi connectivity index (χ4v) is 4.77. The van der Waals surface area contributed by atoms with Crippen molar-refractivity contribution >= 4 is 11.8 Å². The van der Waals surface area contributed by atoms with Gasteiger partial charge in [0, 0.05) is 17.4 Å². The highest BCUT2D eigenvalue weighted by Crippen LogP contribution is 2.37. The number of thioether (sulfide) groups is 1. The number of nitrogens with zero attached hydrogens (tertiary/aromatic N) is 3. The summed E-state index contributed by atoms with van der Waals surface area (Å²) in [7, 11) is 0. The molecule has 0 aliphatic heterocycles. The summed E-state index contributed by atoms with van der Waals surface area (Å²) in [5, 5.41) is 10.0. The Labute approximate surface area is 164 Å². The third kappa shape index (κ3) is 4.08. The summed E-state index contributed by atoms with van der Waals surface area (Å²) in [4.78, 5) is 0. The Kier molecular flexibility index (Phi) is 5.58. The van der Waals surface area contributed by atoms with Crippen LogP contribution < -0.4 is 0 Å². The Morgan fingerprint density at radius 3 is 2.63 bits per heavy atom. The summed E-state index contributed by atoms with van der Waals surface area (Å²) in [5.41, 5.74) is 3.33. The van der Waals surface area contributed by atoms with Gasteiger partial charge < -0.3 is 0 Å². The molecule has 1 saturated carbocycles. The van der Waals surface area contributed by atoms with E-state index in [-0.39, 0.29) is 5.82 Å². The molecule has 5 heteroatoms. The normalized spacial score (nSPS) is 15.2. The highest BCUT2D eigenvalue weighted by molar-refractivity contribution is 7.98. The summed E-state index contributed by atoms with van der Waals surface area (Å²) in [6.07, 6.45) is 6.16. The van der Waals surface area contributed by atoms with Gasteiger partial charge in [-0.15, -0.1) is 10.2 Å². The van der Waals surface area contributed by atoms with E-state index in [1.807, 2.05) is 6.07 Å². The molecule has 2 aromatic carbocycles. The predicted octanol–water partition coefficient (Wildman–Crippen LogP) is 6.19. The fourth-order valence-electron chi connectivity index (χ4n) is 3.83. The quantitative estimate of drug-likeness (QED) is 0.494. The number of aromatic nitrogens is 3. The molecule has 0 amide bonds. The van der Waals surface area contributed by atoms with Crippen molar-refractivity contribution in [2.24, 2.45) is 0 Å². The summed E-state index contributed by atoms with van der Waals surface area (Å²) >= 11 is 1.65. The van der Waals surface area contributed by atoms with Crippen LogP contribution in [0.25, 0.3) is 11.4 Å². The topological polar surface area (TPSA) is 30.7 Å². The van der Waals surface area contributed by atoms with Gasteiger partial charge in [0.05, 0.1) is 0 Å². The Balaban J connectivity index is 1.67. The van der Waals surface area contributed by atoms with Crippen LogP contribution in [0.3, 0.4) is 0 Å². The van der Waals surface area contributed by atoms with Gasteiger partial charge in [-0.25, -0.2) is 4.39 Å². The molecular weight excluding hydrogens is 357 g/mol. The SMILES string of the molecule is Cc1ccccc1-c1nnc(SCc2cccc(F)c2)n1C1CCCCC1. The van der Waals surface area contributed by atoms with Crippen LogP contribution in [0.15, 0.2) is 53.7 Å². The highest BCUT2D eigenvalue weighted by atomic mass is 32.2. The van der Waals surface area contributed by atoms with Gasteiger partial charge in [-0.05, 0) is 43.0 Å². The van der Waals surface area contributed by atoms with Crippen LogP contribution >= 0.6 is 11.8 Å². The van der Waals surface area contributed by atoms with Gasteiger partial charge in [-0.2, -0.15) is 0 Å². The van der Waals surface area contributed by atoms with Gasteiger partial charge in [0.15, 0.2) is 11.0 Å². The molecule has 1 aliphatic rings. The average Bonchev–Trinajstić information content (AvgIpc) is 3.11. The van der Waals surface area contributed by atoms with Crippen molar-refractivity contribution in [3.05, 3.63) is 65.5 Å². The number of benzene rings is 2. The van der Waals surface area contributed by atoms with Crippen LogP contribution in [0.4, 0.5) is 4.39 Å². The molecular formula is C22H24FN3S. The standard InChI is InChI=1S/C22H24FN3S/c1-16-8-5-6-13-20(16)21-24-25-22(26(21)19-11-3-2-4-12-19)27-15-17-9-7-10-18(23)14-17/h5-10,13-14,19H,2-4,11-12,15H2,1H3. The first-order valence-corrected chi connectivity index (χ1v) is 10.6. The first-order valence-electron chi connectivity index (χ1n) is 9.60. The zero-order valence-electron chi connectivity index (χ0n) is 15.6. The van der Waals surface area contributed by atoms with Gasteiger partial charge in [-0.1, -0.05) is 67.4 Å². The van der Waals surface area contributed by atoms with Gasteiger partial charge >= 0.3 is 0 Å². The average molecular weight is 382 g/mol. The number of hydrogen-bond donors (Lipinski definition) is 0. The van der Waals surface area contributed by atoms with Gasteiger partial charge in [0.25, 0.3) is 0 Å². The molecule has 0 radical (unpaired) electrons. The maximum atomic E-state index is 13.5. The largest absolute Gasteiger partial charge is 0.299 e. The molecule has 1 fully saturated rings. The maximum absolute atomic E-state index is 13.5. The van der Waals surface area contributed by atoms with Crippen molar-refractivity contribution in [1.82, 2.24) is 14.8 Å². The van der Waals surface area contributed by atoms with E-state index < -0.39 is 0 Å². The minimum absolute atomic E-state index is 0.192. The van der Waals surface area contributed by atoms with E-state index in [9.17, 15) is 4.39 Å². The fraction of sp³-hybridized carbons (Fsp3) is 0.364. The van der Waals surface area contributed by atoms with E-state index in [1.54, 1.807) is 23.9 Å². The molecule has 1 aromatic heterocycles. The first kappa shape index (κ1) is 18.2. The van der Waals surface area contributed by atoms with E-state index in [0.29, 0.717) is 11.8 Å². The molecule has 3 aromatic rings. The lowest BCUT2D eigenvalue weighted by atomic mass is 9.95. The second kappa shape index (κ2) is 8.26.